The predicted molar refractivity (Wildman–Crippen MR) is 76.6 cm³/mol. The molecule has 0 saturated carbocycles. The van der Waals surface area contributed by atoms with Gasteiger partial charge in [0.1, 0.15) is 5.82 Å². The number of para-hydroxylation sites is 1. The number of nitrogens with zero attached hydrogens (tertiary/aromatic N) is 3. The van der Waals surface area contributed by atoms with Gasteiger partial charge in [0.2, 0.25) is 5.28 Å². The molecule has 2 heterocycles. The van der Waals surface area contributed by atoms with Gasteiger partial charge >= 0.3 is 0 Å². The highest BCUT2D eigenvalue weighted by Gasteiger charge is 2.22. The molecule has 0 spiro atoms. The summed E-state index contributed by atoms with van der Waals surface area (Å²) < 4.78 is 0. The van der Waals surface area contributed by atoms with Gasteiger partial charge in [-0.25, -0.2) is 4.98 Å². The molecule has 0 aliphatic carbocycles. The predicted octanol–water partition coefficient (Wildman–Crippen LogP) is 2.49. The lowest BCUT2D eigenvalue weighted by Crippen LogP contribution is -2.37. The van der Waals surface area contributed by atoms with E-state index in [-0.39, 0.29) is 11.9 Å². The minimum absolute atomic E-state index is 0.229. The van der Waals surface area contributed by atoms with E-state index in [1.807, 2.05) is 24.3 Å². The van der Waals surface area contributed by atoms with E-state index in [1.165, 1.54) is 0 Å². The number of aromatic nitrogens is 2. The maximum absolute atomic E-state index is 9.34. The van der Waals surface area contributed by atoms with Crippen molar-refractivity contribution in [1.29, 1.82) is 0 Å². The quantitative estimate of drug-likeness (QED) is 0.857. The maximum atomic E-state index is 9.34. The zero-order valence-electron chi connectivity index (χ0n) is 10.6. The van der Waals surface area contributed by atoms with Gasteiger partial charge in [-0.3, -0.25) is 0 Å². The van der Waals surface area contributed by atoms with Gasteiger partial charge in [-0.05, 0) is 42.5 Å². The van der Waals surface area contributed by atoms with Crippen LogP contribution in [0.1, 0.15) is 12.8 Å². The zero-order chi connectivity index (χ0) is 13.2. The number of halogens is 1. The molecule has 3 rings (SSSR count). The molecule has 1 N–H and O–H groups in total. The Kier molecular flexibility index (Phi) is 3.53. The summed E-state index contributed by atoms with van der Waals surface area (Å²) in [6.07, 6.45) is 2.14. The third-order valence-corrected chi connectivity index (χ3v) is 3.80. The molecule has 1 aliphatic heterocycles. The number of aliphatic hydroxyl groups excluding tert-OH is 1. The van der Waals surface area contributed by atoms with Crippen molar-refractivity contribution in [2.75, 3.05) is 24.6 Å². The maximum Gasteiger partial charge on any atom is 0.224 e. The van der Waals surface area contributed by atoms with E-state index in [0.29, 0.717) is 5.92 Å². The zero-order valence-corrected chi connectivity index (χ0v) is 11.3. The summed E-state index contributed by atoms with van der Waals surface area (Å²) in [5, 5.41) is 10.6. The minimum Gasteiger partial charge on any atom is -0.396 e. The second-order valence-electron chi connectivity index (χ2n) is 4.97. The molecule has 0 bridgehead atoms. The van der Waals surface area contributed by atoms with Crippen LogP contribution in [0.4, 0.5) is 5.82 Å². The number of aliphatic hydroxyl groups is 1. The first kappa shape index (κ1) is 12.6. The fourth-order valence-electron chi connectivity index (χ4n) is 2.68. The number of benzene rings is 1. The second kappa shape index (κ2) is 5.31. The molecule has 1 saturated heterocycles. The van der Waals surface area contributed by atoms with Crippen molar-refractivity contribution < 1.29 is 5.11 Å². The Morgan fingerprint density at radius 3 is 3.00 bits per heavy atom. The lowest BCUT2D eigenvalue weighted by Gasteiger charge is -2.33. The summed E-state index contributed by atoms with van der Waals surface area (Å²) in [6.45, 7) is 2.01. The van der Waals surface area contributed by atoms with Gasteiger partial charge in [-0.1, -0.05) is 12.1 Å². The Bertz CT molecular complexity index is 590. The van der Waals surface area contributed by atoms with E-state index >= 15 is 0 Å². The third kappa shape index (κ3) is 2.51. The van der Waals surface area contributed by atoms with Gasteiger partial charge in [0.15, 0.2) is 0 Å². The largest absolute Gasteiger partial charge is 0.396 e. The average Bonchev–Trinajstić information content (AvgIpc) is 2.46. The number of hydrogen-bond acceptors (Lipinski definition) is 4. The van der Waals surface area contributed by atoms with Gasteiger partial charge in [0.25, 0.3) is 0 Å². The molecule has 1 aliphatic rings. The van der Waals surface area contributed by atoms with Crippen LogP contribution in [0.15, 0.2) is 24.3 Å². The van der Waals surface area contributed by atoms with Gasteiger partial charge in [-0.2, -0.15) is 4.98 Å². The summed E-state index contributed by atoms with van der Waals surface area (Å²) in [5.41, 5.74) is 0.864. The van der Waals surface area contributed by atoms with Crippen molar-refractivity contribution in [3.8, 4) is 0 Å². The van der Waals surface area contributed by atoms with Crippen molar-refractivity contribution in [3.63, 3.8) is 0 Å². The fraction of sp³-hybridized carbons (Fsp3) is 0.429. The van der Waals surface area contributed by atoms with Gasteiger partial charge < -0.3 is 10.0 Å². The number of piperidine rings is 1. The molecule has 1 unspecified atom stereocenters. The Morgan fingerprint density at radius 1 is 1.32 bits per heavy atom. The van der Waals surface area contributed by atoms with Crippen molar-refractivity contribution in [2.24, 2.45) is 5.92 Å². The topological polar surface area (TPSA) is 49.2 Å². The van der Waals surface area contributed by atoms with Crippen molar-refractivity contribution in [3.05, 3.63) is 29.5 Å². The molecule has 2 aromatic rings. The number of rotatable bonds is 2. The van der Waals surface area contributed by atoms with Crippen molar-refractivity contribution in [2.45, 2.75) is 12.8 Å². The number of anilines is 1. The molecular weight excluding hydrogens is 262 g/mol. The van der Waals surface area contributed by atoms with Gasteiger partial charge in [0, 0.05) is 25.1 Å². The first-order valence-electron chi connectivity index (χ1n) is 6.56. The van der Waals surface area contributed by atoms with E-state index in [9.17, 15) is 5.11 Å². The molecular formula is C14H16ClN3O. The van der Waals surface area contributed by atoms with E-state index in [4.69, 9.17) is 11.6 Å². The molecule has 5 heteroatoms. The van der Waals surface area contributed by atoms with Crippen LogP contribution in [0.2, 0.25) is 5.28 Å². The second-order valence-corrected chi connectivity index (χ2v) is 5.31. The van der Waals surface area contributed by atoms with Crippen LogP contribution in [0, 0.1) is 5.92 Å². The number of hydrogen-bond donors (Lipinski definition) is 1. The Morgan fingerprint density at radius 2 is 2.16 bits per heavy atom. The van der Waals surface area contributed by atoms with Crippen LogP contribution in [0.25, 0.3) is 10.9 Å². The Balaban J connectivity index is 2.03. The summed E-state index contributed by atoms with van der Waals surface area (Å²) in [6, 6.07) is 7.89. The lowest BCUT2D eigenvalue weighted by molar-refractivity contribution is 0.208. The molecule has 0 amide bonds. The highest BCUT2D eigenvalue weighted by Crippen LogP contribution is 2.28. The standard InChI is InChI=1S/C14H16ClN3O/c15-14-16-12-6-2-1-5-11(12)13(17-14)18-7-3-4-10(8-18)9-19/h1-2,5-6,10,19H,3-4,7-9H2. The summed E-state index contributed by atoms with van der Waals surface area (Å²) >= 11 is 6.02. The molecule has 0 radical (unpaired) electrons. The molecule has 19 heavy (non-hydrogen) atoms. The lowest BCUT2D eigenvalue weighted by atomic mass is 9.99. The third-order valence-electron chi connectivity index (χ3n) is 3.63. The van der Waals surface area contributed by atoms with Crippen LogP contribution in [-0.2, 0) is 0 Å². The van der Waals surface area contributed by atoms with E-state index in [0.717, 1.165) is 42.7 Å². The first-order valence-corrected chi connectivity index (χ1v) is 6.94. The summed E-state index contributed by atoms with van der Waals surface area (Å²) in [5.74, 6) is 1.20. The van der Waals surface area contributed by atoms with Crippen LogP contribution >= 0.6 is 11.6 Å². The Labute approximate surface area is 117 Å². The molecule has 1 atom stereocenters. The normalized spacial score (nSPS) is 19.9. The van der Waals surface area contributed by atoms with E-state index < -0.39 is 0 Å². The van der Waals surface area contributed by atoms with Crippen molar-refractivity contribution in [1.82, 2.24) is 9.97 Å². The monoisotopic (exact) mass is 277 g/mol. The molecule has 1 fully saturated rings. The van der Waals surface area contributed by atoms with Crippen LogP contribution in [-0.4, -0.2) is 34.8 Å². The van der Waals surface area contributed by atoms with Gasteiger partial charge in [-0.15, -0.1) is 0 Å². The molecule has 100 valence electrons. The van der Waals surface area contributed by atoms with E-state index in [1.54, 1.807) is 0 Å². The summed E-state index contributed by atoms with van der Waals surface area (Å²) in [4.78, 5) is 10.8. The number of fused-ring (bicyclic) bond motifs is 1. The highest BCUT2D eigenvalue weighted by atomic mass is 35.5. The summed E-state index contributed by atoms with van der Waals surface area (Å²) in [7, 11) is 0. The fourth-order valence-corrected chi connectivity index (χ4v) is 2.85. The highest BCUT2D eigenvalue weighted by molar-refractivity contribution is 6.28. The first-order chi connectivity index (χ1) is 9.28. The molecule has 1 aromatic heterocycles. The average molecular weight is 278 g/mol. The molecule has 4 nitrogen and oxygen atoms in total. The smallest absolute Gasteiger partial charge is 0.224 e. The van der Waals surface area contributed by atoms with Crippen LogP contribution < -0.4 is 4.90 Å². The van der Waals surface area contributed by atoms with E-state index in [2.05, 4.69) is 14.9 Å². The molecule has 1 aromatic carbocycles. The van der Waals surface area contributed by atoms with Crippen LogP contribution in [0.5, 0.6) is 0 Å². The SMILES string of the molecule is OCC1CCCN(c2nc(Cl)nc3ccccc23)C1. The van der Waals surface area contributed by atoms with Crippen LogP contribution in [0.3, 0.4) is 0 Å². The Hall–Kier alpha value is -1.39. The van der Waals surface area contributed by atoms with Crippen molar-refractivity contribution >= 4 is 28.3 Å². The van der Waals surface area contributed by atoms with Gasteiger partial charge in [0.05, 0.1) is 5.52 Å². The minimum atomic E-state index is 0.229.